The molecular weight excluding hydrogens is 450 g/mol. The summed E-state index contributed by atoms with van der Waals surface area (Å²) in [5.74, 6) is -2.45. The molecular formula is C26H29N3O6. The zero-order chi connectivity index (χ0) is 24.8. The molecule has 2 aliphatic rings. The van der Waals surface area contributed by atoms with E-state index < -0.39 is 17.8 Å². The molecule has 1 fully saturated rings. The Hall–Kier alpha value is -3.85. The maximum Gasteiger partial charge on any atom is 0.307 e. The molecule has 35 heavy (non-hydrogen) atoms. The van der Waals surface area contributed by atoms with Crippen LogP contribution in [0.2, 0.25) is 0 Å². The van der Waals surface area contributed by atoms with Crippen molar-refractivity contribution in [2.45, 2.75) is 12.8 Å². The van der Waals surface area contributed by atoms with Gasteiger partial charge < -0.3 is 30.1 Å². The molecule has 2 amide bonds. The fourth-order valence-corrected chi connectivity index (χ4v) is 4.36. The van der Waals surface area contributed by atoms with Gasteiger partial charge in [-0.2, -0.15) is 0 Å². The van der Waals surface area contributed by atoms with Crippen LogP contribution in [0.4, 0.5) is 17.1 Å². The quantitative estimate of drug-likeness (QED) is 0.521. The molecule has 1 heterocycles. The summed E-state index contributed by atoms with van der Waals surface area (Å²) in [6.45, 7) is 2.40. The van der Waals surface area contributed by atoms with E-state index in [9.17, 15) is 19.5 Å². The lowest BCUT2D eigenvalue weighted by atomic mass is 9.82. The van der Waals surface area contributed by atoms with Gasteiger partial charge >= 0.3 is 5.97 Å². The van der Waals surface area contributed by atoms with Gasteiger partial charge in [0, 0.05) is 30.2 Å². The summed E-state index contributed by atoms with van der Waals surface area (Å²) in [6.07, 6.45) is 4.30. The first-order valence-corrected chi connectivity index (χ1v) is 11.6. The van der Waals surface area contributed by atoms with E-state index in [4.69, 9.17) is 9.47 Å². The van der Waals surface area contributed by atoms with Crippen molar-refractivity contribution in [3.63, 3.8) is 0 Å². The number of allylic oxidation sites excluding steroid dienone is 2. The Bertz CT molecular complexity index is 1110. The van der Waals surface area contributed by atoms with Gasteiger partial charge in [-0.3, -0.25) is 14.4 Å². The van der Waals surface area contributed by atoms with Crippen molar-refractivity contribution < 1.29 is 29.0 Å². The zero-order valence-electron chi connectivity index (χ0n) is 19.5. The van der Waals surface area contributed by atoms with Crippen molar-refractivity contribution in [3.8, 4) is 5.75 Å². The summed E-state index contributed by atoms with van der Waals surface area (Å²) < 4.78 is 10.6. The van der Waals surface area contributed by atoms with Gasteiger partial charge in [-0.15, -0.1) is 0 Å². The summed E-state index contributed by atoms with van der Waals surface area (Å²) in [7, 11) is 1.57. The highest BCUT2D eigenvalue weighted by atomic mass is 16.5. The second-order valence-corrected chi connectivity index (χ2v) is 8.50. The van der Waals surface area contributed by atoms with Gasteiger partial charge in [0.1, 0.15) is 5.75 Å². The third-order valence-electron chi connectivity index (χ3n) is 6.29. The predicted molar refractivity (Wildman–Crippen MR) is 132 cm³/mol. The van der Waals surface area contributed by atoms with Crippen LogP contribution in [0.1, 0.15) is 23.2 Å². The molecule has 1 saturated heterocycles. The molecule has 184 valence electrons. The van der Waals surface area contributed by atoms with Gasteiger partial charge in [-0.05, 0) is 55.3 Å². The average Bonchev–Trinajstić information content (AvgIpc) is 2.89. The summed E-state index contributed by atoms with van der Waals surface area (Å²) in [5, 5.41) is 15.2. The highest BCUT2D eigenvalue weighted by Crippen LogP contribution is 2.30. The minimum atomic E-state index is -0.989. The summed E-state index contributed by atoms with van der Waals surface area (Å²) in [4.78, 5) is 39.9. The van der Waals surface area contributed by atoms with Gasteiger partial charge in [0.2, 0.25) is 5.91 Å². The maximum absolute atomic E-state index is 13.3. The van der Waals surface area contributed by atoms with Crippen LogP contribution in [0.5, 0.6) is 5.75 Å². The largest absolute Gasteiger partial charge is 0.497 e. The maximum atomic E-state index is 13.3. The minimum absolute atomic E-state index is 0.318. The molecule has 0 spiro atoms. The topological polar surface area (TPSA) is 117 Å². The number of hydrogen-bond acceptors (Lipinski definition) is 6. The molecule has 0 saturated carbocycles. The number of anilines is 3. The lowest BCUT2D eigenvalue weighted by Gasteiger charge is -2.30. The molecule has 0 radical (unpaired) electrons. The monoisotopic (exact) mass is 479 g/mol. The molecule has 0 unspecified atom stereocenters. The smallest absolute Gasteiger partial charge is 0.307 e. The number of aliphatic carboxylic acids is 1. The van der Waals surface area contributed by atoms with Crippen LogP contribution in [0.3, 0.4) is 0 Å². The van der Waals surface area contributed by atoms with Crippen molar-refractivity contribution >= 4 is 34.8 Å². The molecule has 0 bridgehead atoms. The van der Waals surface area contributed by atoms with Gasteiger partial charge in [-0.25, -0.2) is 0 Å². The number of carboxylic acids is 1. The van der Waals surface area contributed by atoms with E-state index in [2.05, 4.69) is 15.5 Å². The Kier molecular flexibility index (Phi) is 7.67. The number of benzene rings is 2. The number of carbonyl (C=O) groups excluding carboxylic acids is 2. The number of carboxylic acid groups (broad SMARTS) is 1. The van der Waals surface area contributed by atoms with Crippen LogP contribution in [0.15, 0.2) is 54.6 Å². The number of rotatable bonds is 7. The SMILES string of the molecule is COc1ccc(NC(=O)c2cc(NC(=O)[C@@H]3CC=CC[C@H]3C(=O)O)ccc2N2CCOCC2)cc1. The first-order chi connectivity index (χ1) is 17.0. The van der Waals surface area contributed by atoms with Gasteiger partial charge in [0.15, 0.2) is 0 Å². The number of carbonyl (C=O) groups is 3. The molecule has 0 aromatic heterocycles. The first kappa shape index (κ1) is 24.3. The van der Waals surface area contributed by atoms with Crippen molar-refractivity contribution in [1.29, 1.82) is 0 Å². The fourth-order valence-electron chi connectivity index (χ4n) is 4.36. The van der Waals surface area contributed by atoms with E-state index in [-0.39, 0.29) is 11.8 Å². The number of methoxy groups -OCH3 is 1. The number of ether oxygens (including phenoxy) is 2. The molecule has 2 aromatic carbocycles. The number of nitrogens with zero attached hydrogens (tertiary/aromatic N) is 1. The van der Waals surface area contributed by atoms with Gasteiger partial charge in [0.05, 0.1) is 37.7 Å². The fraction of sp³-hybridized carbons (Fsp3) is 0.346. The highest BCUT2D eigenvalue weighted by Gasteiger charge is 2.34. The van der Waals surface area contributed by atoms with Crippen LogP contribution in [-0.4, -0.2) is 56.3 Å². The normalized spacial score (nSPS) is 19.6. The lowest BCUT2D eigenvalue weighted by Crippen LogP contribution is -2.37. The number of hydrogen-bond donors (Lipinski definition) is 3. The van der Waals surface area contributed by atoms with Crippen LogP contribution >= 0.6 is 0 Å². The van der Waals surface area contributed by atoms with Crippen molar-refractivity contribution in [2.24, 2.45) is 11.8 Å². The third kappa shape index (κ3) is 5.81. The molecule has 3 N–H and O–H groups in total. The first-order valence-electron chi connectivity index (χ1n) is 11.6. The molecule has 4 rings (SSSR count). The minimum Gasteiger partial charge on any atom is -0.497 e. The molecule has 1 aliphatic heterocycles. The van der Waals surface area contributed by atoms with Crippen LogP contribution in [0, 0.1) is 11.8 Å². The van der Waals surface area contributed by atoms with Crippen molar-refractivity contribution in [1.82, 2.24) is 0 Å². The summed E-state index contributed by atoms with van der Waals surface area (Å²) in [6, 6.07) is 12.2. The standard InChI is InChI=1S/C26H29N3O6/c1-34-19-9-6-17(7-10-19)27-25(31)22-16-18(8-11-23(22)29-12-14-35-15-13-29)28-24(30)20-4-2-3-5-21(20)26(32)33/h2-3,6-11,16,20-21H,4-5,12-15H2,1H3,(H,27,31)(H,28,30)(H,32,33)/t20-,21-/m1/s1. The predicted octanol–water partition coefficient (Wildman–Crippen LogP) is 3.39. The van der Waals surface area contributed by atoms with E-state index in [1.54, 1.807) is 55.7 Å². The number of amides is 2. The van der Waals surface area contributed by atoms with Crippen LogP contribution in [0.25, 0.3) is 0 Å². The second-order valence-electron chi connectivity index (χ2n) is 8.50. The zero-order valence-corrected chi connectivity index (χ0v) is 19.5. The summed E-state index contributed by atoms with van der Waals surface area (Å²) in [5.41, 5.74) is 2.18. The Balaban J connectivity index is 1.58. The highest BCUT2D eigenvalue weighted by molar-refractivity contribution is 6.09. The molecule has 2 aromatic rings. The average molecular weight is 480 g/mol. The van der Waals surface area contributed by atoms with E-state index in [0.29, 0.717) is 61.8 Å². The lowest BCUT2D eigenvalue weighted by molar-refractivity contribution is -0.146. The van der Waals surface area contributed by atoms with Gasteiger partial charge in [-0.1, -0.05) is 12.2 Å². The third-order valence-corrected chi connectivity index (χ3v) is 6.29. The second kappa shape index (κ2) is 11.1. The molecule has 1 aliphatic carbocycles. The number of morpholine rings is 1. The number of nitrogens with one attached hydrogen (secondary N) is 2. The Morgan fingerprint density at radius 3 is 2.26 bits per heavy atom. The van der Waals surface area contributed by atoms with E-state index >= 15 is 0 Å². The molecule has 2 atom stereocenters. The summed E-state index contributed by atoms with van der Waals surface area (Å²) >= 11 is 0. The molecule has 9 heteroatoms. The Labute approximate surface area is 203 Å². The van der Waals surface area contributed by atoms with E-state index in [0.717, 1.165) is 5.69 Å². The van der Waals surface area contributed by atoms with Gasteiger partial charge in [0.25, 0.3) is 5.91 Å². The van der Waals surface area contributed by atoms with Crippen LogP contribution < -0.4 is 20.3 Å². The van der Waals surface area contributed by atoms with E-state index in [1.165, 1.54) is 0 Å². The van der Waals surface area contributed by atoms with Crippen LogP contribution in [-0.2, 0) is 14.3 Å². The molecule has 9 nitrogen and oxygen atoms in total. The Morgan fingerprint density at radius 1 is 0.943 bits per heavy atom. The van der Waals surface area contributed by atoms with E-state index in [1.807, 2.05) is 6.08 Å². The Morgan fingerprint density at radius 2 is 1.60 bits per heavy atom. The van der Waals surface area contributed by atoms with Crippen molar-refractivity contribution in [2.75, 3.05) is 48.9 Å². The van der Waals surface area contributed by atoms with Crippen molar-refractivity contribution in [3.05, 3.63) is 60.2 Å².